The molecule has 0 atom stereocenters. The lowest BCUT2D eigenvalue weighted by atomic mass is 10.1. The molecule has 0 spiro atoms. The fourth-order valence-electron chi connectivity index (χ4n) is 2.37. The van der Waals surface area contributed by atoms with Crippen LogP contribution in [0.25, 0.3) is 0 Å². The number of ether oxygens (including phenoxy) is 1. The summed E-state index contributed by atoms with van der Waals surface area (Å²) in [5, 5.41) is 3.48. The van der Waals surface area contributed by atoms with Crippen LogP contribution in [0.5, 0.6) is 0 Å². The molecule has 0 aliphatic carbocycles. The zero-order valence-electron chi connectivity index (χ0n) is 13.3. The smallest absolute Gasteiger partial charge is 0.120 e. The van der Waals surface area contributed by atoms with Crippen molar-refractivity contribution in [2.45, 2.75) is 52.7 Å². The molecule has 0 saturated carbocycles. The third-order valence-electron chi connectivity index (χ3n) is 3.55. The lowest BCUT2D eigenvalue weighted by Gasteiger charge is -2.20. The largest absolute Gasteiger partial charge is 0.463 e. The van der Waals surface area contributed by atoms with Gasteiger partial charge in [0.15, 0.2) is 0 Å². The number of hydrogen-bond donors (Lipinski definition) is 1. The van der Waals surface area contributed by atoms with Gasteiger partial charge in [-0.1, -0.05) is 0 Å². The normalized spacial score (nSPS) is 18.2. The second-order valence-electron chi connectivity index (χ2n) is 6.66. The van der Waals surface area contributed by atoms with Crippen molar-refractivity contribution in [2.75, 3.05) is 26.3 Å². The van der Waals surface area contributed by atoms with Gasteiger partial charge in [-0.25, -0.2) is 0 Å². The van der Waals surface area contributed by atoms with E-state index in [4.69, 9.17) is 9.15 Å². The van der Waals surface area contributed by atoms with Gasteiger partial charge >= 0.3 is 0 Å². The molecule has 4 nitrogen and oxygen atoms in total. The third kappa shape index (κ3) is 4.93. The SMILES string of the molecule is Cc1cc(CN2CCCOCC2)oc1CNC(C)(C)C. The van der Waals surface area contributed by atoms with Gasteiger partial charge in [0.1, 0.15) is 11.5 Å². The first kappa shape index (κ1) is 15.5. The van der Waals surface area contributed by atoms with E-state index in [-0.39, 0.29) is 5.54 Å². The number of hydrogen-bond acceptors (Lipinski definition) is 4. The second kappa shape index (κ2) is 6.74. The van der Waals surface area contributed by atoms with Gasteiger partial charge < -0.3 is 14.5 Å². The van der Waals surface area contributed by atoms with Gasteiger partial charge in [-0.3, -0.25) is 4.90 Å². The minimum atomic E-state index is 0.113. The van der Waals surface area contributed by atoms with Crippen LogP contribution in [0.2, 0.25) is 0 Å². The molecule has 2 heterocycles. The predicted molar refractivity (Wildman–Crippen MR) is 80.8 cm³/mol. The summed E-state index contributed by atoms with van der Waals surface area (Å²) >= 11 is 0. The van der Waals surface area contributed by atoms with Crippen LogP contribution in [-0.4, -0.2) is 36.7 Å². The molecule has 0 unspecified atom stereocenters. The summed E-state index contributed by atoms with van der Waals surface area (Å²) in [6, 6.07) is 2.17. The number of rotatable bonds is 4. The van der Waals surface area contributed by atoms with Gasteiger partial charge in [-0.2, -0.15) is 0 Å². The minimum Gasteiger partial charge on any atom is -0.463 e. The van der Waals surface area contributed by atoms with Crippen LogP contribution in [0.4, 0.5) is 0 Å². The van der Waals surface area contributed by atoms with Crippen LogP contribution in [0.3, 0.4) is 0 Å². The minimum absolute atomic E-state index is 0.113. The Morgan fingerprint density at radius 3 is 2.80 bits per heavy atom. The van der Waals surface area contributed by atoms with Crippen molar-refractivity contribution >= 4 is 0 Å². The van der Waals surface area contributed by atoms with Crippen molar-refractivity contribution in [1.82, 2.24) is 10.2 Å². The maximum Gasteiger partial charge on any atom is 0.120 e. The first-order chi connectivity index (χ1) is 9.44. The molecule has 1 saturated heterocycles. The Labute approximate surface area is 122 Å². The van der Waals surface area contributed by atoms with Crippen LogP contribution in [0, 0.1) is 6.92 Å². The predicted octanol–water partition coefficient (Wildman–Crippen LogP) is 2.70. The average molecular weight is 280 g/mol. The molecule has 4 heteroatoms. The fraction of sp³-hybridized carbons (Fsp3) is 0.750. The van der Waals surface area contributed by atoms with Crippen molar-refractivity contribution in [3.8, 4) is 0 Å². The summed E-state index contributed by atoms with van der Waals surface area (Å²) in [4.78, 5) is 2.41. The molecule has 0 aromatic carbocycles. The van der Waals surface area contributed by atoms with E-state index in [0.29, 0.717) is 0 Å². The first-order valence-corrected chi connectivity index (χ1v) is 7.57. The van der Waals surface area contributed by atoms with Gasteiger partial charge in [0, 0.05) is 25.2 Å². The van der Waals surface area contributed by atoms with E-state index in [1.54, 1.807) is 0 Å². The summed E-state index contributed by atoms with van der Waals surface area (Å²) in [5.74, 6) is 2.12. The van der Waals surface area contributed by atoms with Gasteiger partial charge in [-0.05, 0) is 45.7 Å². The van der Waals surface area contributed by atoms with E-state index in [9.17, 15) is 0 Å². The molecule has 1 aliphatic heterocycles. The quantitative estimate of drug-likeness (QED) is 0.920. The fourth-order valence-corrected chi connectivity index (χ4v) is 2.37. The lowest BCUT2D eigenvalue weighted by molar-refractivity contribution is 0.139. The molecule has 2 rings (SSSR count). The number of nitrogens with zero attached hydrogens (tertiary/aromatic N) is 1. The van der Waals surface area contributed by atoms with Crippen LogP contribution in [0.1, 0.15) is 44.3 Å². The molecule has 1 aliphatic rings. The Bertz CT molecular complexity index is 413. The molecule has 1 aromatic heterocycles. The van der Waals surface area contributed by atoms with E-state index < -0.39 is 0 Å². The number of aryl methyl sites for hydroxylation is 1. The highest BCUT2D eigenvalue weighted by Gasteiger charge is 2.15. The Morgan fingerprint density at radius 1 is 1.25 bits per heavy atom. The van der Waals surface area contributed by atoms with Crippen molar-refractivity contribution in [1.29, 1.82) is 0 Å². The monoisotopic (exact) mass is 280 g/mol. The van der Waals surface area contributed by atoms with Crippen LogP contribution in [0.15, 0.2) is 10.5 Å². The van der Waals surface area contributed by atoms with Gasteiger partial charge in [0.25, 0.3) is 0 Å². The topological polar surface area (TPSA) is 37.6 Å². The maximum absolute atomic E-state index is 6.01. The summed E-state index contributed by atoms with van der Waals surface area (Å²) in [6.07, 6.45) is 1.11. The van der Waals surface area contributed by atoms with Crippen LogP contribution in [-0.2, 0) is 17.8 Å². The third-order valence-corrected chi connectivity index (χ3v) is 3.55. The van der Waals surface area contributed by atoms with Crippen molar-refractivity contribution in [2.24, 2.45) is 0 Å². The summed E-state index contributed by atoms with van der Waals surface area (Å²) in [6.45, 7) is 14.1. The standard InChI is InChI=1S/C16H28N2O2/c1-13-10-14(12-18-6-5-8-19-9-7-18)20-15(13)11-17-16(2,3)4/h10,17H,5-9,11-12H2,1-4H3. The molecular formula is C16H28N2O2. The highest BCUT2D eigenvalue weighted by molar-refractivity contribution is 5.20. The van der Waals surface area contributed by atoms with Crippen molar-refractivity contribution in [3.63, 3.8) is 0 Å². The van der Waals surface area contributed by atoms with Crippen LogP contribution >= 0.6 is 0 Å². The van der Waals surface area contributed by atoms with Gasteiger partial charge in [-0.15, -0.1) is 0 Å². The Hall–Kier alpha value is -0.840. The van der Waals surface area contributed by atoms with E-state index in [1.165, 1.54) is 5.56 Å². The van der Waals surface area contributed by atoms with E-state index >= 15 is 0 Å². The molecule has 0 bridgehead atoms. The highest BCUT2D eigenvalue weighted by Crippen LogP contribution is 2.18. The zero-order chi connectivity index (χ0) is 14.6. The number of nitrogens with one attached hydrogen (secondary N) is 1. The average Bonchev–Trinajstić information content (AvgIpc) is 2.55. The zero-order valence-corrected chi connectivity index (χ0v) is 13.3. The maximum atomic E-state index is 6.01. The van der Waals surface area contributed by atoms with Crippen molar-refractivity contribution < 1.29 is 9.15 Å². The number of furan rings is 1. The van der Waals surface area contributed by atoms with E-state index in [2.05, 4.69) is 44.0 Å². The molecule has 1 fully saturated rings. The second-order valence-corrected chi connectivity index (χ2v) is 6.66. The van der Waals surface area contributed by atoms with E-state index in [0.717, 1.165) is 57.3 Å². The molecule has 0 radical (unpaired) electrons. The molecule has 20 heavy (non-hydrogen) atoms. The summed E-state index contributed by atoms with van der Waals surface area (Å²) in [5.41, 5.74) is 1.35. The molecule has 0 amide bonds. The molecule has 1 N–H and O–H groups in total. The van der Waals surface area contributed by atoms with Crippen LogP contribution < -0.4 is 5.32 Å². The Balaban J connectivity index is 1.92. The van der Waals surface area contributed by atoms with E-state index in [1.807, 2.05) is 0 Å². The first-order valence-electron chi connectivity index (χ1n) is 7.57. The molecular weight excluding hydrogens is 252 g/mol. The van der Waals surface area contributed by atoms with Gasteiger partial charge in [0.05, 0.1) is 19.7 Å². The molecule has 114 valence electrons. The highest BCUT2D eigenvalue weighted by atomic mass is 16.5. The van der Waals surface area contributed by atoms with Gasteiger partial charge in [0.2, 0.25) is 0 Å². The summed E-state index contributed by atoms with van der Waals surface area (Å²) in [7, 11) is 0. The Kier molecular flexibility index (Phi) is 5.24. The Morgan fingerprint density at radius 2 is 2.05 bits per heavy atom. The lowest BCUT2D eigenvalue weighted by Crippen LogP contribution is -2.35. The summed E-state index contributed by atoms with van der Waals surface area (Å²) < 4.78 is 11.5. The van der Waals surface area contributed by atoms with Crippen molar-refractivity contribution in [3.05, 3.63) is 23.2 Å². The molecule has 1 aromatic rings.